The Labute approximate surface area is 278 Å². The number of phosphoric acid groups is 1. The predicted octanol–water partition coefficient (Wildman–Crippen LogP) is 6.71. The molecule has 0 saturated carbocycles. The van der Waals surface area contributed by atoms with Gasteiger partial charge in [0.1, 0.15) is 0 Å². The fourth-order valence-electron chi connectivity index (χ4n) is 4.85. The van der Waals surface area contributed by atoms with E-state index in [1.165, 1.54) is 11.9 Å². The van der Waals surface area contributed by atoms with Crippen molar-refractivity contribution >= 4 is 43.0 Å². The number of amides is 3. The first kappa shape index (κ1) is 39.5. The highest BCUT2D eigenvalue weighted by Crippen LogP contribution is 2.36. The molecule has 0 aliphatic heterocycles. The second-order valence-corrected chi connectivity index (χ2v) is 13.6. The van der Waals surface area contributed by atoms with E-state index < -0.39 is 26.7 Å². The van der Waals surface area contributed by atoms with Crippen molar-refractivity contribution in [3.63, 3.8) is 0 Å². The molecule has 0 heterocycles. The third-order valence-corrected chi connectivity index (χ3v) is 7.60. The van der Waals surface area contributed by atoms with E-state index in [0.29, 0.717) is 29.6 Å². The molecule has 13 nitrogen and oxygen atoms in total. The van der Waals surface area contributed by atoms with Gasteiger partial charge >= 0.3 is 25.9 Å². The number of carbonyl (C=O) groups is 3. The number of aryl methyl sites for hydroxylation is 1. The molecule has 2 aromatic rings. The van der Waals surface area contributed by atoms with Crippen molar-refractivity contribution in [2.24, 2.45) is 11.8 Å². The molecule has 0 unspecified atom stereocenters. The Kier molecular flexibility index (Phi) is 16.2. The summed E-state index contributed by atoms with van der Waals surface area (Å²) in [6.07, 6.45) is 0.0536. The summed E-state index contributed by atoms with van der Waals surface area (Å²) in [5.41, 5.74) is 4.12. The molecule has 0 aliphatic carbocycles. The number of nitrogens with zero attached hydrogens (tertiary/aromatic N) is 2. The summed E-state index contributed by atoms with van der Waals surface area (Å²) in [6.45, 7) is 13.4. The fraction of sp³-hybridized carbons (Fsp3) is 0.545. The van der Waals surface area contributed by atoms with Gasteiger partial charge in [-0.2, -0.15) is 0 Å². The van der Waals surface area contributed by atoms with Gasteiger partial charge in [-0.25, -0.2) is 14.2 Å². The molecule has 2 aromatic carbocycles. The van der Waals surface area contributed by atoms with Gasteiger partial charge in [0.05, 0.1) is 24.4 Å². The zero-order valence-corrected chi connectivity index (χ0v) is 29.4. The topological polar surface area (TPSA) is 167 Å². The van der Waals surface area contributed by atoms with Gasteiger partial charge in [-0.1, -0.05) is 58.4 Å². The Morgan fingerprint density at radius 2 is 1.57 bits per heavy atom. The average Bonchev–Trinajstić information content (AvgIpc) is 2.97. The number of phosphoric ester groups is 1. The standard InChI is InChI=1S/C33H51N4O9P/c1-8-26(19-31(38)44-22-45-33(40)36(7)16-9-17-46-47(41,42)43)27-12-15-30(37(20-23(2)3)21-24(4)5)29(18-27)35-32(39)34-28-13-10-25(6)11-14-28/h10-15,18,23-24,26H,8-9,16-17,19-22H2,1-7H3,(H2,34,35,39)(H2,41,42,43)/t26-/m0/s1. The lowest BCUT2D eigenvalue weighted by Gasteiger charge is -2.31. The molecule has 47 heavy (non-hydrogen) atoms. The van der Waals surface area contributed by atoms with E-state index in [9.17, 15) is 18.9 Å². The quantitative estimate of drug-likeness (QED) is 0.0576. The van der Waals surface area contributed by atoms with Crippen molar-refractivity contribution < 1.29 is 42.7 Å². The number of benzene rings is 2. The number of esters is 1. The number of hydrogen-bond donors (Lipinski definition) is 4. The van der Waals surface area contributed by atoms with Crippen LogP contribution in [-0.2, 0) is 23.4 Å². The van der Waals surface area contributed by atoms with Gasteiger partial charge in [-0.05, 0) is 67.3 Å². The van der Waals surface area contributed by atoms with E-state index in [1.54, 1.807) is 0 Å². The molecule has 1 atom stereocenters. The van der Waals surface area contributed by atoms with Crippen LogP contribution in [0.5, 0.6) is 0 Å². The molecular weight excluding hydrogens is 627 g/mol. The maximum atomic E-state index is 13.2. The summed E-state index contributed by atoms with van der Waals surface area (Å²) in [6, 6.07) is 13.0. The second kappa shape index (κ2) is 19.2. The van der Waals surface area contributed by atoms with Gasteiger partial charge < -0.3 is 39.7 Å². The fourth-order valence-corrected chi connectivity index (χ4v) is 5.21. The van der Waals surface area contributed by atoms with Gasteiger partial charge in [-0.3, -0.25) is 9.32 Å². The molecule has 0 fully saturated rings. The molecule has 0 aromatic heterocycles. The van der Waals surface area contributed by atoms with Crippen LogP contribution < -0.4 is 15.5 Å². The minimum Gasteiger partial charge on any atom is -0.428 e. The lowest BCUT2D eigenvalue weighted by molar-refractivity contribution is -0.152. The van der Waals surface area contributed by atoms with Gasteiger partial charge in [0.25, 0.3) is 0 Å². The molecular formula is C33H51N4O9P. The van der Waals surface area contributed by atoms with Crippen LogP contribution in [0, 0.1) is 18.8 Å². The molecule has 14 heteroatoms. The minimum atomic E-state index is -4.57. The third kappa shape index (κ3) is 15.2. The summed E-state index contributed by atoms with van der Waals surface area (Å²) in [5.74, 6) is -0.0132. The van der Waals surface area contributed by atoms with E-state index in [-0.39, 0.29) is 37.9 Å². The van der Waals surface area contributed by atoms with Crippen molar-refractivity contribution in [3.8, 4) is 0 Å². The molecule has 0 aliphatic rings. The van der Waals surface area contributed by atoms with Gasteiger partial charge in [-0.15, -0.1) is 0 Å². The molecule has 3 amide bonds. The van der Waals surface area contributed by atoms with E-state index in [4.69, 9.17) is 19.3 Å². The van der Waals surface area contributed by atoms with Crippen LogP contribution in [0.15, 0.2) is 42.5 Å². The number of urea groups is 1. The largest absolute Gasteiger partial charge is 0.469 e. The molecule has 0 spiro atoms. The van der Waals surface area contributed by atoms with E-state index in [2.05, 4.69) is 47.8 Å². The van der Waals surface area contributed by atoms with Crippen LogP contribution in [0.1, 0.15) is 70.9 Å². The van der Waals surface area contributed by atoms with Crippen molar-refractivity contribution in [3.05, 3.63) is 53.6 Å². The normalized spacial score (nSPS) is 12.1. The number of ether oxygens (including phenoxy) is 2. The van der Waals surface area contributed by atoms with E-state index >= 15 is 0 Å². The lowest BCUT2D eigenvalue weighted by Crippen LogP contribution is -2.32. The molecule has 0 bridgehead atoms. The lowest BCUT2D eigenvalue weighted by atomic mass is 9.92. The SMILES string of the molecule is CC[C@@H](CC(=O)OCOC(=O)N(C)CCCOP(=O)(O)O)c1ccc(N(CC(C)C)CC(C)C)c(NC(=O)Nc2ccc(C)cc2)c1. The van der Waals surface area contributed by atoms with Gasteiger partial charge in [0, 0.05) is 32.4 Å². The molecule has 4 N–H and O–H groups in total. The number of rotatable bonds is 18. The van der Waals surface area contributed by atoms with E-state index in [0.717, 1.165) is 29.9 Å². The average molecular weight is 679 g/mol. The molecule has 262 valence electrons. The zero-order valence-electron chi connectivity index (χ0n) is 28.5. The summed E-state index contributed by atoms with van der Waals surface area (Å²) in [4.78, 5) is 59.0. The summed E-state index contributed by atoms with van der Waals surface area (Å²) >= 11 is 0. The Morgan fingerprint density at radius 1 is 0.936 bits per heavy atom. The van der Waals surface area contributed by atoms with Crippen LogP contribution >= 0.6 is 7.82 Å². The van der Waals surface area contributed by atoms with Gasteiger partial charge in [0.2, 0.25) is 6.79 Å². The highest BCUT2D eigenvalue weighted by Gasteiger charge is 2.22. The number of hydrogen-bond acceptors (Lipinski definition) is 8. The first-order valence-electron chi connectivity index (χ1n) is 15.8. The van der Waals surface area contributed by atoms with E-state index in [1.807, 2.05) is 56.3 Å². The molecule has 2 rings (SSSR count). The highest BCUT2D eigenvalue weighted by atomic mass is 31.2. The second-order valence-electron chi connectivity index (χ2n) is 12.4. The van der Waals surface area contributed by atoms with Crippen LogP contribution in [0.25, 0.3) is 0 Å². The van der Waals surface area contributed by atoms with Gasteiger partial charge in [0.15, 0.2) is 0 Å². The third-order valence-electron chi connectivity index (χ3n) is 7.08. The monoisotopic (exact) mass is 678 g/mol. The highest BCUT2D eigenvalue weighted by molar-refractivity contribution is 7.46. The summed E-state index contributed by atoms with van der Waals surface area (Å²) in [7, 11) is -3.13. The number of carbonyl (C=O) groups excluding carboxylic acids is 3. The number of nitrogens with one attached hydrogen (secondary N) is 2. The maximum absolute atomic E-state index is 13.2. The zero-order chi connectivity index (χ0) is 35.1. The van der Waals surface area contributed by atoms with Crippen LogP contribution in [-0.4, -0.2) is 72.9 Å². The van der Waals surface area contributed by atoms with Crippen molar-refractivity contribution in [2.75, 3.05) is 55.6 Å². The van der Waals surface area contributed by atoms with Crippen LogP contribution in [0.4, 0.5) is 26.7 Å². The van der Waals surface area contributed by atoms with Crippen molar-refractivity contribution in [1.29, 1.82) is 0 Å². The molecule has 0 radical (unpaired) electrons. The number of anilines is 3. The maximum Gasteiger partial charge on any atom is 0.469 e. The van der Waals surface area contributed by atoms with Crippen molar-refractivity contribution in [1.82, 2.24) is 4.90 Å². The first-order chi connectivity index (χ1) is 22.1. The first-order valence-corrected chi connectivity index (χ1v) is 17.4. The van der Waals surface area contributed by atoms with Crippen LogP contribution in [0.3, 0.4) is 0 Å². The summed E-state index contributed by atoms with van der Waals surface area (Å²) in [5, 5.41) is 5.93. The Morgan fingerprint density at radius 3 is 2.15 bits per heavy atom. The Hall–Kier alpha value is -3.64. The summed E-state index contributed by atoms with van der Waals surface area (Å²) < 4.78 is 25.3. The molecule has 0 saturated heterocycles. The predicted molar refractivity (Wildman–Crippen MR) is 182 cm³/mol. The smallest absolute Gasteiger partial charge is 0.428 e. The Balaban J connectivity index is 2.12. The minimum absolute atomic E-state index is 0.0274. The Bertz CT molecular complexity index is 1340. The van der Waals surface area contributed by atoms with Crippen LogP contribution in [0.2, 0.25) is 0 Å². The van der Waals surface area contributed by atoms with Crippen molar-refractivity contribution in [2.45, 2.75) is 66.7 Å².